The van der Waals surface area contributed by atoms with Crippen molar-refractivity contribution in [1.82, 2.24) is 0 Å². The van der Waals surface area contributed by atoms with Crippen LogP contribution in [0.5, 0.6) is 0 Å². The van der Waals surface area contributed by atoms with E-state index < -0.39 is 6.72 Å². The molecule has 2 rings (SSSR count). The van der Waals surface area contributed by atoms with Crippen LogP contribution in [0.15, 0.2) is 60.7 Å². The van der Waals surface area contributed by atoms with Gasteiger partial charge < -0.3 is 13.9 Å². The zero-order chi connectivity index (χ0) is 13.6. The minimum absolute atomic E-state index is 0. The smallest absolute Gasteiger partial charge is 0.324 e. The van der Waals surface area contributed by atoms with Gasteiger partial charge in [0.25, 0.3) is 0 Å². The molecule has 0 aliphatic rings. The molecule has 0 bridgehead atoms. The average molecular weight is 317 g/mol. The molecular weight excluding hydrogens is 302 g/mol. The van der Waals surface area contributed by atoms with Crippen molar-refractivity contribution < 1.29 is 43.5 Å². The topological polar surface area (TPSA) is 38.7 Å². The van der Waals surface area contributed by atoms with Crippen LogP contribution >= 0.6 is 6.72 Å². The summed E-state index contributed by atoms with van der Waals surface area (Å²) in [6.45, 7) is -2.68. The van der Waals surface area contributed by atoms with E-state index in [-0.39, 0.29) is 42.8 Å². The second-order valence-electron chi connectivity index (χ2n) is 3.99. The Bertz CT molecular complexity index is 503. The molecule has 0 aliphatic carbocycles. The van der Waals surface area contributed by atoms with Gasteiger partial charge in [-0.1, -0.05) is 60.7 Å². The Morgan fingerprint density at radius 3 is 1.50 bits per heavy atom. The Morgan fingerprint density at radius 2 is 1.15 bits per heavy atom. The van der Waals surface area contributed by atoms with Crippen LogP contribution in [0, 0.1) is 0 Å². The van der Waals surface area contributed by atoms with Crippen molar-refractivity contribution in [3.8, 4) is 0 Å². The molecule has 2 aromatic carbocycles. The van der Waals surface area contributed by atoms with Gasteiger partial charge in [0, 0.05) is 0 Å². The molecule has 2 aromatic rings. The molecule has 0 atom stereocenters. The molecule has 3 nitrogen and oxygen atoms in total. The van der Waals surface area contributed by atoms with E-state index in [4.69, 9.17) is 20.9 Å². The second kappa shape index (κ2) is 9.08. The molecule has 0 spiro atoms. The first-order valence-electron chi connectivity index (χ1n) is 5.85. The van der Waals surface area contributed by atoms with Gasteiger partial charge in [-0.25, -0.2) is 0 Å². The molecule has 20 heavy (non-hydrogen) atoms. The molecule has 0 radical (unpaired) electrons. The fraction of sp³-hybridized carbons (Fsp3) is 0.143. The third kappa shape index (κ3) is 6.61. The largest absolute Gasteiger partial charge is 1.00 e. The normalized spacial score (nSPS) is 10.8. The quantitative estimate of drug-likeness (QED) is 0.627. The van der Waals surface area contributed by atoms with Crippen molar-refractivity contribution >= 4 is 18.5 Å². The maximum Gasteiger partial charge on any atom is 1.00 e. The third-order valence-corrected chi connectivity index (χ3v) is 4.02. The zero-order valence-corrected chi connectivity index (χ0v) is 15.0. The number of hydrogen-bond donors (Lipinski definition) is 1. The van der Waals surface area contributed by atoms with Crippen molar-refractivity contribution in [2.75, 3.05) is 0 Å². The van der Waals surface area contributed by atoms with E-state index in [2.05, 4.69) is 0 Å². The second-order valence-corrected chi connectivity index (χ2v) is 6.82. The number of benzene rings is 2. The van der Waals surface area contributed by atoms with Gasteiger partial charge in [-0.2, -0.15) is 0 Å². The molecule has 0 amide bonds. The van der Waals surface area contributed by atoms with Crippen molar-refractivity contribution in [3.63, 3.8) is 0 Å². The first-order valence-corrected chi connectivity index (χ1v) is 8.44. The molecule has 0 fully saturated rings. The third-order valence-electron chi connectivity index (χ3n) is 2.47. The fourth-order valence-electron chi connectivity index (χ4n) is 1.50. The maximum absolute atomic E-state index is 9.92. The Morgan fingerprint density at radius 1 is 0.800 bits per heavy atom. The SMILES string of the molecule is OP(=S)(OCc1ccccc1)OCc1ccccc1.[Na+]. The minimum atomic E-state index is -3.19. The fourth-order valence-corrected chi connectivity index (χ4v) is 2.51. The number of hydrogen-bond acceptors (Lipinski definition) is 3. The van der Waals surface area contributed by atoms with Crippen LogP contribution in [-0.2, 0) is 34.1 Å². The van der Waals surface area contributed by atoms with E-state index >= 15 is 0 Å². The summed E-state index contributed by atoms with van der Waals surface area (Å²) in [5.41, 5.74) is 1.91. The molecule has 0 aliphatic heterocycles. The van der Waals surface area contributed by atoms with E-state index in [0.29, 0.717) is 0 Å². The summed E-state index contributed by atoms with van der Waals surface area (Å²) in [6.07, 6.45) is 0. The van der Waals surface area contributed by atoms with Crippen LogP contribution in [0.25, 0.3) is 0 Å². The van der Waals surface area contributed by atoms with Crippen molar-refractivity contribution in [2.45, 2.75) is 13.2 Å². The van der Waals surface area contributed by atoms with Gasteiger partial charge in [0.05, 0.1) is 13.2 Å². The summed E-state index contributed by atoms with van der Waals surface area (Å²) >= 11 is 4.96. The van der Waals surface area contributed by atoms with Crippen molar-refractivity contribution in [3.05, 3.63) is 71.8 Å². The molecule has 0 unspecified atom stereocenters. The van der Waals surface area contributed by atoms with Crippen LogP contribution in [0.4, 0.5) is 0 Å². The van der Waals surface area contributed by atoms with Crippen LogP contribution < -0.4 is 29.6 Å². The van der Waals surface area contributed by atoms with E-state index in [1.54, 1.807) is 0 Å². The molecule has 0 aromatic heterocycles. The molecule has 100 valence electrons. The summed E-state index contributed by atoms with van der Waals surface area (Å²) in [4.78, 5) is 9.92. The zero-order valence-electron chi connectivity index (χ0n) is 11.3. The van der Waals surface area contributed by atoms with Crippen molar-refractivity contribution in [1.29, 1.82) is 0 Å². The van der Waals surface area contributed by atoms with E-state index in [0.717, 1.165) is 11.1 Å². The van der Waals surface area contributed by atoms with Gasteiger partial charge >= 0.3 is 36.3 Å². The predicted octanol–water partition coefficient (Wildman–Crippen LogP) is 0.641. The molecule has 1 N–H and O–H groups in total. The summed E-state index contributed by atoms with van der Waals surface area (Å²) in [7, 11) is 0. The van der Waals surface area contributed by atoms with Crippen LogP contribution in [0.3, 0.4) is 0 Å². The standard InChI is InChI=1S/C14H15O3PS.Na/c15-18(19,16-11-13-7-3-1-4-8-13)17-12-14-9-5-2-6-10-14;/h1-10H,11-12H2,(H,15,19);/q;+1. The molecular formula is C14H15NaO3PS+. The first kappa shape index (κ1) is 18.0. The van der Waals surface area contributed by atoms with Crippen LogP contribution in [0.1, 0.15) is 11.1 Å². The summed E-state index contributed by atoms with van der Waals surface area (Å²) in [6, 6.07) is 19.1. The van der Waals surface area contributed by atoms with E-state index in [9.17, 15) is 4.89 Å². The maximum atomic E-state index is 9.92. The minimum Gasteiger partial charge on any atom is -0.324 e. The summed E-state index contributed by atoms with van der Waals surface area (Å²) in [5, 5.41) is 0. The van der Waals surface area contributed by atoms with Gasteiger partial charge in [0.15, 0.2) is 0 Å². The van der Waals surface area contributed by atoms with Crippen molar-refractivity contribution in [2.24, 2.45) is 0 Å². The Labute approximate surface area is 146 Å². The predicted molar refractivity (Wildman–Crippen MR) is 79.0 cm³/mol. The molecule has 0 saturated heterocycles. The summed E-state index contributed by atoms with van der Waals surface area (Å²) < 4.78 is 10.6. The molecule has 0 saturated carbocycles. The van der Waals surface area contributed by atoms with Crippen LogP contribution in [-0.4, -0.2) is 4.89 Å². The van der Waals surface area contributed by atoms with E-state index in [1.807, 2.05) is 60.7 Å². The monoisotopic (exact) mass is 317 g/mol. The number of rotatable bonds is 6. The first-order chi connectivity index (χ1) is 9.16. The summed E-state index contributed by atoms with van der Waals surface area (Å²) in [5.74, 6) is 0. The van der Waals surface area contributed by atoms with Crippen LogP contribution in [0.2, 0.25) is 0 Å². The van der Waals surface area contributed by atoms with Gasteiger partial charge in [0.2, 0.25) is 0 Å². The molecule has 0 heterocycles. The van der Waals surface area contributed by atoms with Gasteiger partial charge in [-0.15, -0.1) is 0 Å². The molecule has 6 heteroatoms. The Balaban J connectivity index is 0.00000200. The Kier molecular flexibility index (Phi) is 8.18. The van der Waals surface area contributed by atoms with E-state index in [1.165, 1.54) is 0 Å². The average Bonchev–Trinajstić information content (AvgIpc) is 2.46. The van der Waals surface area contributed by atoms with Gasteiger partial charge in [-0.3, -0.25) is 0 Å². The van der Waals surface area contributed by atoms with Gasteiger partial charge in [-0.05, 0) is 22.9 Å². The van der Waals surface area contributed by atoms with Gasteiger partial charge in [0.1, 0.15) is 0 Å². The Hall–Kier alpha value is -0.0300.